The molecule has 0 aliphatic carbocycles. The summed E-state index contributed by atoms with van der Waals surface area (Å²) in [6.45, 7) is 0.885. The third-order valence-corrected chi connectivity index (χ3v) is 2.33. The van der Waals surface area contributed by atoms with Gasteiger partial charge in [-0.15, -0.1) is 0 Å². The van der Waals surface area contributed by atoms with Crippen LogP contribution in [0.1, 0.15) is 22.8 Å². The number of halogens is 2. The Morgan fingerprint density at radius 2 is 2.18 bits per heavy atom. The highest BCUT2D eigenvalue weighted by Crippen LogP contribution is 2.22. The topological polar surface area (TPSA) is 44.1 Å². The minimum Gasteiger partial charge on any atom is -0.368 e. The number of hydrogen-bond donors (Lipinski definition) is 0. The summed E-state index contributed by atoms with van der Waals surface area (Å²) >= 11 is 0. The summed E-state index contributed by atoms with van der Waals surface area (Å²) in [4.78, 5) is 12.6. The largest absolute Gasteiger partial charge is 0.368 e. The molecule has 17 heavy (non-hydrogen) atoms. The van der Waals surface area contributed by atoms with Gasteiger partial charge in [-0.05, 0) is 25.1 Å². The standard InChI is InChI=1S/C12H12F2N2O/c1-8(17)10-4-3-9(6-15)5-11(10)16(2)7-12(13)14/h3-5,12H,7H2,1-2H3. The number of benzene rings is 1. The van der Waals surface area contributed by atoms with Crippen LogP contribution in [0, 0.1) is 11.3 Å². The van der Waals surface area contributed by atoms with E-state index in [1.54, 1.807) is 0 Å². The van der Waals surface area contributed by atoms with Crippen molar-refractivity contribution in [2.24, 2.45) is 0 Å². The van der Waals surface area contributed by atoms with Gasteiger partial charge in [-0.1, -0.05) is 0 Å². The number of nitrogens with zero attached hydrogens (tertiary/aromatic N) is 2. The Labute approximate surface area is 98.3 Å². The predicted octanol–water partition coefficient (Wildman–Crippen LogP) is 2.46. The SMILES string of the molecule is CC(=O)c1ccc(C#N)cc1N(C)CC(F)F. The molecule has 0 amide bonds. The van der Waals surface area contributed by atoms with Crippen LogP contribution in [0.25, 0.3) is 0 Å². The molecular formula is C12H12F2N2O. The number of carbonyl (C=O) groups excluding carboxylic acids is 1. The fourth-order valence-electron chi connectivity index (χ4n) is 1.52. The second-order valence-corrected chi connectivity index (χ2v) is 3.67. The molecule has 0 bridgehead atoms. The summed E-state index contributed by atoms with van der Waals surface area (Å²) in [5, 5.41) is 8.75. The van der Waals surface area contributed by atoms with Crippen molar-refractivity contribution in [2.45, 2.75) is 13.3 Å². The molecule has 0 heterocycles. The molecule has 0 spiro atoms. The highest BCUT2D eigenvalue weighted by atomic mass is 19.3. The second kappa shape index (κ2) is 5.39. The molecule has 0 saturated carbocycles. The van der Waals surface area contributed by atoms with E-state index in [1.807, 2.05) is 6.07 Å². The van der Waals surface area contributed by atoms with E-state index in [9.17, 15) is 13.6 Å². The number of alkyl halides is 2. The molecule has 3 nitrogen and oxygen atoms in total. The first-order valence-corrected chi connectivity index (χ1v) is 5.00. The first kappa shape index (κ1) is 13.1. The van der Waals surface area contributed by atoms with E-state index < -0.39 is 13.0 Å². The van der Waals surface area contributed by atoms with Crippen molar-refractivity contribution in [1.29, 1.82) is 5.26 Å². The van der Waals surface area contributed by atoms with Crippen LogP contribution in [-0.4, -0.2) is 25.8 Å². The molecule has 90 valence electrons. The molecule has 0 N–H and O–H groups in total. The van der Waals surface area contributed by atoms with Crippen LogP contribution in [0.15, 0.2) is 18.2 Å². The first-order valence-electron chi connectivity index (χ1n) is 5.00. The number of Topliss-reactive ketones (excluding diaryl/α,β-unsaturated/α-hetero) is 1. The summed E-state index contributed by atoms with van der Waals surface area (Å²) in [7, 11) is 1.47. The third kappa shape index (κ3) is 3.25. The fourth-order valence-corrected chi connectivity index (χ4v) is 1.52. The molecule has 5 heteroatoms. The molecule has 0 fully saturated rings. The smallest absolute Gasteiger partial charge is 0.255 e. The Hall–Kier alpha value is -1.96. The van der Waals surface area contributed by atoms with Gasteiger partial charge in [-0.25, -0.2) is 8.78 Å². The summed E-state index contributed by atoms with van der Waals surface area (Å²) in [5.74, 6) is -0.217. The Kier molecular flexibility index (Phi) is 4.16. The summed E-state index contributed by atoms with van der Waals surface area (Å²) < 4.78 is 24.6. The monoisotopic (exact) mass is 238 g/mol. The van der Waals surface area contributed by atoms with Crippen molar-refractivity contribution in [3.8, 4) is 6.07 Å². The molecule has 1 aromatic carbocycles. The maximum absolute atomic E-state index is 12.3. The lowest BCUT2D eigenvalue weighted by molar-refractivity contribution is 0.101. The van der Waals surface area contributed by atoms with Crippen LogP contribution in [0.5, 0.6) is 0 Å². The van der Waals surface area contributed by atoms with E-state index in [-0.39, 0.29) is 5.78 Å². The van der Waals surface area contributed by atoms with Gasteiger partial charge >= 0.3 is 0 Å². The Balaban J connectivity index is 3.18. The third-order valence-electron chi connectivity index (χ3n) is 2.33. The first-order chi connectivity index (χ1) is 7.95. The molecule has 0 aliphatic rings. The number of ketones is 1. The van der Waals surface area contributed by atoms with Crippen LogP contribution in [0.3, 0.4) is 0 Å². The van der Waals surface area contributed by atoms with Crippen molar-refractivity contribution in [3.63, 3.8) is 0 Å². The fraction of sp³-hybridized carbons (Fsp3) is 0.333. The van der Waals surface area contributed by atoms with Gasteiger partial charge in [0, 0.05) is 18.3 Å². The van der Waals surface area contributed by atoms with Crippen LogP contribution < -0.4 is 4.90 Å². The van der Waals surface area contributed by atoms with Crippen molar-refractivity contribution in [3.05, 3.63) is 29.3 Å². The molecule has 0 radical (unpaired) electrons. The average molecular weight is 238 g/mol. The van der Waals surface area contributed by atoms with E-state index >= 15 is 0 Å². The zero-order valence-corrected chi connectivity index (χ0v) is 9.58. The molecule has 0 atom stereocenters. The Bertz CT molecular complexity index is 466. The van der Waals surface area contributed by atoms with Gasteiger partial charge in [0.2, 0.25) is 0 Å². The highest BCUT2D eigenvalue weighted by molar-refractivity contribution is 6.00. The number of anilines is 1. The predicted molar refractivity (Wildman–Crippen MR) is 60.4 cm³/mol. The van der Waals surface area contributed by atoms with E-state index in [0.29, 0.717) is 16.8 Å². The van der Waals surface area contributed by atoms with E-state index in [2.05, 4.69) is 0 Å². The van der Waals surface area contributed by atoms with Crippen LogP contribution in [0.4, 0.5) is 14.5 Å². The van der Waals surface area contributed by atoms with E-state index in [4.69, 9.17) is 5.26 Å². The van der Waals surface area contributed by atoms with Gasteiger partial charge < -0.3 is 4.90 Å². The average Bonchev–Trinajstić information content (AvgIpc) is 2.27. The lowest BCUT2D eigenvalue weighted by Crippen LogP contribution is -2.25. The Morgan fingerprint density at radius 3 is 2.65 bits per heavy atom. The van der Waals surface area contributed by atoms with Crippen LogP contribution in [-0.2, 0) is 0 Å². The summed E-state index contributed by atoms with van der Waals surface area (Å²) in [5.41, 5.74) is 1.04. The summed E-state index contributed by atoms with van der Waals surface area (Å²) in [6, 6.07) is 6.34. The normalized spacial score (nSPS) is 10.1. The quantitative estimate of drug-likeness (QED) is 0.757. The maximum atomic E-state index is 12.3. The molecular weight excluding hydrogens is 226 g/mol. The lowest BCUT2D eigenvalue weighted by Gasteiger charge is -2.21. The summed E-state index contributed by atoms with van der Waals surface area (Å²) in [6.07, 6.45) is -2.49. The number of nitriles is 1. The van der Waals surface area contributed by atoms with Crippen molar-refractivity contribution in [2.75, 3.05) is 18.5 Å². The van der Waals surface area contributed by atoms with Gasteiger partial charge in [0.05, 0.1) is 18.2 Å². The maximum Gasteiger partial charge on any atom is 0.255 e. The molecule has 0 saturated heterocycles. The van der Waals surface area contributed by atoms with Crippen LogP contribution >= 0.6 is 0 Å². The van der Waals surface area contributed by atoms with Gasteiger partial charge in [0.25, 0.3) is 6.43 Å². The minimum atomic E-state index is -2.49. The van der Waals surface area contributed by atoms with E-state index in [0.717, 1.165) is 0 Å². The molecule has 0 aromatic heterocycles. The van der Waals surface area contributed by atoms with Crippen molar-refractivity contribution in [1.82, 2.24) is 0 Å². The molecule has 1 aromatic rings. The van der Waals surface area contributed by atoms with Gasteiger partial charge in [0.1, 0.15) is 0 Å². The molecule has 1 rings (SSSR count). The van der Waals surface area contributed by atoms with Gasteiger partial charge in [-0.3, -0.25) is 4.79 Å². The van der Waals surface area contributed by atoms with E-state index in [1.165, 1.54) is 37.1 Å². The Morgan fingerprint density at radius 1 is 1.53 bits per heavy atom. The zero-order valence-electron chi connectivity index (χ0n) is 9.58. The highest BCUT2D eigenvalue weighted by Gasteiger charge is 2.15. The number of carbonyl (C=O) groups is 1. The molecule has 0 unspecified atom stereocenters. The second-order valence-electron chi connectivity index (χ2n) is 3.67. The minimum absolute atomic E-state index is 0.217. The van der Waals surface area contributed by atoms with Crippen molar-refractivity contribution < 1.29 is 13.6 Å². The van der Waals surface area contributed by atoms with Crippen LogP contribution in [0.2, 0.25) is 0 Å². The van der Waals surface area contributed by atoms with Gasteiger partial charge in [-0.2, -0.15) is 5.26 Å². The molecule has 0 aliphatic heterocycles. The number of hydrogen-bond acceptors (Lipinski definition) is 3. The zero-order chi connectivity index (χ0) is 13.0. The van der Waals surface area contributed by atoms with Crippen molar-refractivity contribution >= 4 is 11.5 Å². The van der Waals surface area contributed by atoms with Gasteiger partial charge in [0.15, 0.2) is 5.78 Å². The number of rotatable bonds is 4. The lowest BCUT2D eigenvalue weighted by atomic mass is 10.1.